The van der Waals surface area contributed by atoms with Gasteiger partial charge in [-0.2, -0.15) is 0 Å². The minimum absolute atomic E-state index is 0.160. The molecule has 3 aromatic rings. The second-order valence-corrected chi connectivity index (χ2v) is 6.75. The van der Waals surface area contributed by atoms with Crippen LogP contribution in [0.25, 0.3) is 21.6 Å². The smallest absolute Gasteiger partial charge is 0.262 e. The maximum Gasteiger partial charge on any atom is 0.262 e. The number of carbonyl (C=O) groups excluding carboxylic acids is 1. The van der Waals surface area contributed by atoms with Gasteiger partial charge >= 0.3 is 0 Å². The summed E-state index contributed by atoms with van der Waals surface area (Å²) in [6.45, 7) is 0.740. The van der Waals surface area contributed by atoms with Gasteiger partial charge in [0.1, 0.15) is 17.3 Å². The quantitative estimate of drug-likeness (QED) is 0.696. The number of carbonyl (C=O) groups is 1. The fourth-order valence-electron chi connectivity index (χ4n) is 2.94. The number of methoxy groups -OCH3 is 2. The third kappa shape index (κ3) is 3.14. The van der Waals surface area contributed by atoms with Crippen LogP contribution in [0.2, 0.25) is 0 Å². The molecule has 0 aliphatic carbocycles. The molecule has 0 aliphatic rings. The fourth-order valence-corrected chi connectivity index (χ4v) is 3.96. The molecule has 0 spiro atoms. The standard InChI is InChI=1S/C18H18FN3O4S/c1-9-13-17(27-14(9)15(20)23)21-16(22(7-6-19)18(13)24)10-4-5-11(25-2)12(8-10)26-3/h4-5,8H,6-7H2,1-3H3,(H2,20,23). The van der Waals surface area contributed by atoms with Crippen LogP contribution in [0.1, 0.15) is 15.2 Å². The number of amides is 1. The summed E-state index contributed by atoms with van der Waals surface area (Å²) in [7, 11) is 3.01. The van der Waals surface area contributed by atoms with Crippen molar-refractivity contribution < 1.29 is 18.7 Å². The lowest BCUT2D eigenvalue weighted by molar-refractivity contribution is 0.100. The molecule has 0 radical (unpaired) electrons. The zero-order valence-corrected chi connectivity index (χ0v) is 15.9. The highest BCUT2D eigenvalue weighted by Gasteiger charge is 2.21. The van der Waals surface area contributed by atoms with Gasteiger partial charge in [-0.1, -0.05) is 0 Å². The van der Waals surface area contributed by atoms with Crippen LogP contribution in [0.5, 0.6) is 11.5 Å². The van der Waals surface area contributed by atoms with Crippen LogP contribution in [0.15, 0.2) is 23.0 Å². The molecule has 27 heavy (non-hydrogen) atoms. The van der Waals surface area contributed by atoms with Crippen LogP contribution in [0.3, 0.4) is 0 Å². The molecule has 2 N–H and O–H groups in total. The normalized spacial score (nSPS) is 11.0. The van der Waals surface area contributed by atoms with E-state index in [2.05, 4.69) is 4.98 Å². The van der Waals surface area contributed by atoms with Crippen molar-refractivity contribution in [3.8, 4) is 22.9 Å². The number of ether oxygens (including phenoxy) is 2. The Morgan fingerprint density at radius 1 is 1.30 bits per heavy atom. The van der Waals surface area contributed by atoms with Crippen LogP contribution in [-0.4, -0.2) is 36.4 Å². The monoisotopic (exact) mass is 391 g/mol. The molecule has 0 fully saturated rings. The number of nitrogens with zero attached hydrogens (tertiary/aromatic N) is 2. The number of hydrogen-bond acceptors (Lipinski definition) is 6. The Labute approximate surface area is 158 Å². The number of primary amides is 1. The predicted octanol–water partition coefficient (Wildman–Crippen LogP) is 2.52. The molecule has 3 rings (SSSR count). The Kier molecular flexibility index (Phi) is 5.13. The third-order valence-corrected chi connectivity index (χ3v) is 5.42. The molecule has 0 saturated carbocycles. The van der Waals surface area contributed by atoms with Crippen molar-refractivity contribution in [3.63, 3.8) is 0 Å². The van der Waals surface area contributed by atoms with Gasteiger partial charge in [-0.05, 0) is 30.7 Å². The molecule has 2 aromatic heterocycles. The molecule has 0 unspecified atom stereocenters. The Bertz CT molecular complexity index is 1090. The van der Waals surface area contributed by atoms with E-state index in [-0.39, 0.29) is 22.6 Å². The highest BCUT2D eigenvalue weighted by molar-refractivity contribution is 7.20. The third-order valence-electron chi connectivity index (χ3n) is 4.22. The lowest BCUT2D eigenvalue weighted by Gasteiger charge is -2.13. The second-order valence-electron chi connectivity index (χ2n) is 5.75. The van der Waals surface area contributed by atoms with Gasteiger partial charge in [0.15, 0.2) is 11.5 Å². The molecular weight excluding hydrogens is 373 g/mol. The van der Waals surface area contributed by atoms with E-state index in [1.807, 2.05) is 0 Å². The van der Waals surface area contributed by atoms with Gasteiger partial charge in [0.05, 0.1) is 31.0 Å². The van der Waals surface area contributed by atoms with Crippen molar-refractivity contribution in [3.05, 3.63) is 39.0 Å². The molecular formula is C18H18FN3O4S. The van der Waals surface area contributed by atoms with Gasteiger partial charge in [-0.25, -0.2) is 9.37 Å². The van der Waals surface area contributed by atoms with Gasteiger partial charge in [0.2, 0.25) is 0 Å². The largest absolute Gasteiger partial charge is 0.493 e. The summed E-state index contributed by atoms with van der Waals surface area (Å²) in [6, 6.07) is 5.05. The summed E-state index contributed by atoms with van der Waals surface area (Å²) >= 11 is 1.05. The minimum Gasteiger partial charge on any atom is -0.493 e. The van der Waals surface area contributed by atoms with Crippen molar-refractivity contribution in [2.24, 2.45) is 5.73 Å². The number of aryl methyl sites for hydroxylation is 1. The number of benzene rings is 1. The van der Waals surface area contributed by atoms with Crippen molar-refractivity contribution in [2.45, 2.75) is 13.5 Å². The SMILES string of the molecule is COc1ccc(-c2nc3sc(C(N)=O)c(C)c3c(=O)n2CCF)cc1OC. The van der Waals surface area contributed by atoms with Crippen LogP contribution in [0.4, 0.5) is 4.39 Å². The van der Waals surface area contributed by atoms with Gasteiger partial charge in [0, 0.05) is 5.56 Å². The molecule has 0 atom stereocenters. The summed E-state index contributed by atoms with van der Waals surface area (Å²) in [4.78, 5) is 29.8. The number of halogens is 1. The number of rotatable bonds is 6. The zero-order chi connectivity index (χ0) is 19.7. The van der Waals surface area contributed by atoms with Gasteiger partial charge in [-0.3, -0.25) is 14.2 Å². The van der Waals surface area contributed by atoms with E-state index in [0.717, 1.165) is 11.3 Å². The molecule has 142 valence electrons. The molecule has 0 saturated heterocycles. The first kappa shape index (κ1) is 18.8. The van der Waals surface area contributed by atoms with E-state index in [1.165, 1.54) is 18.8 Å². The van der Waals surface area contributed by atoms with Gasteiger partial charge in [-0.15, -0.1) is 11.3 Å². The Morgan fingerprint density at radius 2 is 2.00 bits per heavy atom. The number of thiophene rings is 1. The molecule has 1 amide bonds. The van der Waals surface area contributed by atoms with Gasteiger partial charge < -0.3 is 15.2 Å². The summed E-state index contributed by atoms with van der Waals surface area (Å²) in [6.07, 6.45) is 0. The van der Waals surface area contributed by atoms with Crippen molar-refractivity contribution in [1.29, 1.82) is 0 Å². The molecule has 9 heteroatoms. The summed E-state index contributed by atoms with van der Waals surface area (Å²) in [5.74, 6) is 0.629. The molecule has 2 heterocycles. The minimum atomic E-state index is -0.737. The van der Waals surface area contributed by atoms with Crippen LogP contribution in [-0.2, 0) is 6.54 Å². The van der Waals surface area contributed by atoms with E-state index >= 15 is 0 Å². The first-order chi connectivity index (χ1) is 12.9. The Hall–Kier alpha value is -2.94. The van der Waals surface area contributed by atoms with E-state index in [4.69, 9.17) is 15.2 Å². The molecule has 0 bridgehead atoms. The maximum atomic E-state index is 13.1. The number of nitrogens with two attached hydrogens (primary N) is 1. The predicted molar refractivity (Wildman–Crippen MR) is 102 cm³/mol. The number of alkyl halides is 1. The van der Waals surface area contributed by atoms with Gasteiger partial charge in [0.25, 0.3) is 11.5 Å². The Balaban J connectivity index is 2.34. The van der Waals surface area contributed by atoms with Crippen LogP contribution in [0, 0.1) is 6.92 Å². The summed E-state index contributed by atoms with van der Waals surface area (Å²) in [5, 5.41) is 0.284. The first-order valence-corrected chi connectivity index (χ1v) is 8.86. The average molecular weight is 391 g/mol. The highest BCUT2D eigenvalue weighted by atomic mass is 32.1. The second kappa shape index (κ2) is 7.36. The molecule has 0 aliphatic heterocycles. The number of aromatic nitrogens is 2. The maximum absolute atomic E-state index is 13.1. The Morgan fingerprint density at radius 3 is 2.59 bits per heavy atom. The fraction of sp³-hybridized carbons (Fsp3) is 0.278. The van der Waals surface area contributed by atoms with Crippen LogP contribution < -0.4 is 20.8 Å². The van der Waals surface area contributed by atoms with Crippen molar-refractivity contribution in [2.75, 3.05) is 20.9 Å². The van der Waals surface area contributed by atoms with E-state index in [0.29, 0.717) is 27.5 Å². The average Bonchev–Trinajstić information content (AvgIpc) is 3.00. The van der Waals surface area contributed by atoms with Crippen molar-refractivity contribution in [1.82, 2.24) is 9.55 Å². The topological polar surface area (TPSA) is 96.4 Å². The van der Waals surface area contributed by atoms with Crippen LogP contribution >= 0.6 is 11.3 Å². The zero-order valence-electron chi connectivity index (χ0n) is 15.0. The lowest BCUT2D eigenvalue weighted by atomic mass is 10.1. The summed E-state index contributed by atoms with van der Waals surface area (Å²) in [5.41, 5.74) is 6.00. The summed E-state index contributed by atoms with van der Waals surface area (Å²) < 4.78 is 24.9. The number of hydrogen-bond donors (Lipinski definition) is 1. The molecule has 1 aromatic carbocycles. The number of fused-ring (bicyclic) bond motifs is 1. The highest BCUT2D eigenvalue weighted by Crippen LogP contribution is 2.33. The van der Waals surface area contributed by atoms with E-state index < -0.39 is 18.1 Å². The molecule has 7 nitrogen and oxygen atoms in total. The first-order valence-electron chi connectivity index (χ1n) is 8.05. The lowest BCUT2D eigenvalue weighted by Crippen LogP contribution is -2.24. The van der Waals surface area contributed by atoms with E-state index in [9.17, 15) is 14.0 Å². The van der Waals surface area contributed by atoms with Crippen molar-refractivity contribution >= 4 is 27.5 Å². The van der Waals surface area contributed by atoms with E-state index in [1.54, 1.807) is 25.1 Å².